The molecular formula is C20H16N2. The summed E-state index contributed by atoms with van der Waals surface area (Å²) < 4.78 is 0. The van der Waals surface area contributed by atoms with Crippen LogP contribution in [-0.2, 0) is 0 Å². The number of aromatic nitrogens is 2. The second-order valence-electron chi connectivity index (χ2n) is 5.28. The molecule has 0 bridgehead atoms. The van der Waals surface area contributed by atoms with E-state index in [1.165, 1.54) is 5.56 Å². The van der Waals surface area contributed by atoms with E-state index in [9.17, 15) is 0 Å². The minimum atomic E-state index is 0.739. The Morgan fingerprint density at radius 3 is 1.68 bits per heavy atom. The van der Waals surface area contributed by atoms with Crippen LogP contribution in [0.4, 0.5) is 0 Å². The smallest absolute Gasteiger partial charge is 0.159 e. The fourth-order valence-corrected chi connectivity index (χ4v) is 2.03. The molecule has 0 spiro atoms. The molecule has 1 aromatic heterocycles. The summed E-state index contributed by atoms with van der Waals surface area (Å²) in [5, 5.41) is 0. The summed E-state index contributed by atoms with van der Waals surface area (Å²) in [6, 6.07) is 16.2. The monoisotopic (exact) mass is 284 g/mol. The molecule has 0 fully saturated rings. The Morgan fingerprint density at radius 1 is 0.636 bits per heavy atom. The summed E-state index contributed by atoms with van der Waals surface area (Å²) in [5.41, 5.74) is 5.31. The quantitative estimate of drug-likeness (QED) is 0.627. The molecule has 0 aliphatic carbocycles. The Morgan fingerprint density at radius 2 is 1.14 bits per heavy atom. The first-order valence-corrected chi connectivity index (χ1v) is 7.18. The van der Waals surface area contributed by atoms with E-state index < -0.39 is 0 Å². The number of hydrogen-bond acceptors (Lipinski definition) is 2. The highest BCUT2D eigenvalue weighted by Crippen LogP contribution is 2.15. The minimum Gasteiger partial charge on any atom is -0.236 e. The van der Waals surface area contributed by atoms with E-state index in [-0.39, 0.29) is 0 Å². The molecule has 2 nitrogen and oxygen atoms in total. The van der Waals surface area contributed by atoms with Crippen LogP contribution in [0.2, 0.25) is 0 Å². The number of rotatable bonds is 1. The van der Waals surface area contributed by atoms with Crippen molar-refractivity contribution in [1.29, 1.82) is 0 Å². The molecule has 0 N–H and O–H groups in total. The summed E-state index contributed by atoms with van der Waals surface area (Å²) in [5.74, 6) is 7.09. The number of nitrogens with zero attached hydrogens (tertiary/aromatic N) is 2. The fourth-order valence-electron chi connectivity index (χ4n) is 2.03. The van der Waals surface area contributed by atoms with Crippen LogP contribution in [0.15, 0.2) is 60.9 Å². The van der Waals surface area contributed by atoms with Crippen LogP contribution >= 0.6 is 0 Å². The summed E-state index contributed by atoms with van der Waals surface area (Å²) in [4.78, 5) is 8.67. The lowest BCUT2D eigenvalue weighted by atomic mass is 10.1. The van der Waals surface area contributed by atoms with Crippen LogP contribution in [0.25, 0.3) is 11.4 Å². The van der Waals surface area contributed by atoms with Crippen molar-refractivity contribution in [3.8, 4) is 23.2 Å². The van der Waals surface area contributed by atoms with Gasteiger partial charge in [-0.25, -0.2) is 9.97 Å². The van der Waals surface area contributed by atoms with Gasteiger partial charge in [0.1, 0.15) is 0 Å². The highest BCUT2D eigenvalue weighted by molar-refractivity contribution is 5.57. The lowest BCUT2D eigenvalue weighted by Crippen LogP contribution is -1.89. The minimum absolute atomic E-state index is 0.739. The molecule has 0 aliphatic rings. The van der Waals surface area contributed by atoms with E-state index >= 15 is 0 Å². The van der Waals surface area contributed by atoms with Crippen molar-refractivity contribution in [3.05, 3.63) is 83.2 Å². The van der Waals surface area contributed by atoms with Gasteiger partial charge in [0.05, 0.1) is 0 Å². The maximum atomic E-state index is 4.33. The molecule has 0 atom stereocenters. The van der Waals surface area contributed by atoms with Gasteiger partial charge in [-0.05, 0) is 55.8 Å². The lowest BCUT2D eigenvalue weighted by molar-refractivity contribution is 1.14. The molecule has 22 heavy (non-hydrogen) atoms. The van der Waals surface area contributed by atoms with Crippen LogP contribution in [0.5, 0.6) is 0 Å². The molecule has 1 heterocycles. The second-order valence-corrected chi connectivity index (χ2v) is 5.28. The molecular weight excluding hydrogens is 268 g/mol. The van der Waals surface area contributed by atoms with Crippen molar-refractivity contribution in [2.24, 2.45) is 0 Å². The summed E-state index contributed by atoms with van der Waals surface area (Å²) in [6.07, 6.45) is 3.65. The van der Waals surface area contributed by atoms with E-state index in [2.05, 4.69) is 40.9 Å². The van der Waals surface area contributed by atoms with Gasteiger partial charge in [-0.1, -0.05) is 29.5 Å². The molecule has 106 valence electrons. The Hall–Kier alpha value is -2.92. The third-order valence-electron chi connectivity index (χ3n) is 3.33. The predicted octanol–water partition coefficient (Wildman–Crippen LogP) is 4.16. The van der Waals surface area contributed by atoms with Crippen molar-refractivity contribution in [2.75, 3.05) is 0 Å². The molecule has 2 aromatic carbocycles. The van der Waals surface area contributed by atoms with Crippen molar-refractivity contribution in [1.82, 2.24) is 9.97 Å². The van der Waals surface area contributed by atoms with Crippen molar-refractivity contribution in [2.45, 2.75) is 13.8 Å². The number of benzene rings is 2. The van der Waals surface area contributed by atoms with Gasteiger partial charge in [-0.3, -0.25) is 0 Å². The normalized spacial score (nSPS) is 9.91. The van der Waals surface area contributed by atoms with Crippen LogP contribution in [0, 0.1) is 25.7 Å². The lowest BCUT2D eigenvalue weighted by Gasteiger charge is -2.00. The van der Waals surface area contributed by atoms with Gasteiger partial charge >= 0.3 is 0 Å². The average molecular weight is 284 g/mol. The Kier molecular flexibility index (Phi) is 3.98. The van der Waals surface area contributed by atoms with Crippen LogP contribution in [0.1, 0.15) is 22.3 Å². The molecule has 0 unspecified atom stereocenters. The maximum absolute atomic E-state index is 4.33. The van der Waals surface area contributed by atoms with E-state index in [1.807, 2.05) is 55.7 Å². The predicted molar refractivity (Wildman–Crippen MR) is 89.4 cm³/mol. The van der Waals surface area contributed by atoms with Crippen LogP contribution in [0.3, 0.4) is 0 Å². The van der Waals surface area contributed by atoms with E-state index in [0.29, 0.717) is 0 Å². The van der Waals surface area contributed by atoms with Gasteiger partial charge in [0.25, 0.3) is 0 Å². The molecule has 3 aromatic rings. The van der Waals surface area contributed by atoms with Crippen molar-refractivity contribution in [3.63, 3.8) is 0 Å². The van der Waals surface area contributed by atoms with E-state index in [4.69, 9.17) is 0 Å². The van der Waals surface area contributed by atoms with Crippen molar-refractivity contribution < 1.29 is 0 Å². The highest BCUT2D eigenvalue weighted by atomic mass is 14.9. The zero-order chi connectivity index (χ0) is 15.4. The van der Waals surface area contributed by atoms with Crippen LogP contribution < -0.4 is 0 Å². The molecule has 0 saturated carbocycles. The zero-order valence-corrected chi connectivity index (χ0v) is 12.7. The Balaban J connectivity index is 1.80. The van der Waals surface area contributed by atoms with E-state index in [1.54, 1.807) is 0 Å². The van der Waals surface area contributed by atoms with Gasteiger partial charge in [0.15, 0.2) is 5.82 Å². The van der Waals surface area contributed by atoms with E-state index in [0.717, 1.165) is 28.1 Å². The highest BCUT2D eigenvalue weighted by Gasteiger charge is 1.99. The standard InChI is InChI=1S/C20H16N2/c1-15-3-5-17(6-4-15)7-8-18-9-11-19(12-10-18)20-21-13-16(2)14-22-20/h3-6,9-14H,1-2H3. The maximum Gasteiger partial charge on any atom is 0.159 e. The summed E-state index contributed by atoms with van der Waals surface area (Å²) in [6.45, 7) is 4.05. The van der Waals surface area contributed by atoms with Gasteiger partial charge in [-0.15, -0.1) is 0 Å². The molecule has 0 radical (unpaired) electrons. The Bertz CT molecular complexity index is 818. The van der Waals surface area contributed by atoms with Gasteiger partial charge in [-0.2, -0.15) is 0 Å². The zero-order valence-electron chi connectivity index (χ0n) is 12.7. The SMILES string of the molecule is Cc1ccc(C#Cc2ccc(-c3ncc(C)cn3)cc2)cc1. The molecule has 0 saturated heterocycles. The fraction of sp³-hybridized carbons (Fsp3) is 0.100. The molecule has 0 aliphatic heterocycles. The summed E-state index contributed by atoms with van der Waals surface area (Å²) >= 11 is 0. The Labute approximate surface area is 130 Å². The van der Waals surface area contributed by atoms with Gasteiger partial charge in [0.2, 0.25) is 0 Å². The second kappa shape index (κ2) is 6.24. The first-order valence-electron chi connectivity index (χ1n) is 7.18. The summed E-state index contributed by atoms with van der Waals surface area (Å²) in [7, 11) is 0. The van der Waals surface area contributed by atoms with Gasteiger partial charge in [0, 0.05) is 29.1 Å². The first kappa shape index (κ1) is 14.0. The molecule has 0 amide bonds. The average Bonchev–Trinajstić information content (AvgIpc) is 2.56. The van der Waals surface area contributed by atoms with Crippen LogP contribution in [-0.4, -0.2) is 9.97 Å². The van der Waals surface area contributed by atoms with Gasteiger partial charge < -0.3 is 0 Å². The third-order valence-corrected chi connectivity index (χ3v) is 3.33. The number of aryl methyl sites for hydroxylation is 2. The third kappa shape index (κ3) is 3.39. The molecule has 2 heteroatoms. The van der Waals surface area contributed by atoms with Crippen molar-refractivity contribution >= 4 is 0 Å². The largest absolute Gasteiger partial charge is 0.236 e. The number of hydrogen-bond donors (Lipinski definition) is 0. The molecule has 3 rings (SSSR count). The first-order chi connectivity index (χ1) is 10.7. The topological polar surface area (TPSA) is 25.8 Å².